The van der Waals surface area contributed by atoms with Crippen LogP contribution < -0.4 is 4.90 Å². The Morgan fingerprint density at radius 1 is 1.16 bits per heavy atom. The van der Waals surface area contributed by atoms with E-state index in [2.05, 4.69) is 24.0 Å². The topological polar surface area (TPSA) is 85.5 Å². The van der Waals surface area contributed by atoms with Crippen LogP contribution in [-0.2, 0) is 20.9 Å². The number of aromatic nitrogens is 2. The van der Waals surface area contributed by atoms with Crippen molar-refractivity contribution in [3.05, 3.63) is 66.1 Å². The predicted octanol–water partition coefficient (Wildman–Crippen LogP) is 4.35. The molecule has 0 unspecified atom stereocenters. The Balaban J connectivity index is 1.39. The number of hydrogen-bond acceptors (Lipinski definition) is 6. The number of rotatable bonds is 7. The van der Waals surface area contributed by atoms with Gasteiger partial charge in [-0.25, -0.2) is 0 Å². The number of esters is 1. The molecule has 1 aromatic heterocycles. The van der Waals surface area contributed by atoms with E-state index in [0.717, 1.165) is 23.2 Å². The first-order valence-electron chi connectivity index (χ1n) is 10.5. The minimum atomic E-state index is -0.519. The SMILES string of the molecule is CC[C@@H](C)c1ccccc1N1C[C@@H](C(=O)OCc2nnc(-c3ccccc3)o2)CC1=O. The van der Waals surface area contributed by atoms with Crippen LogP contribution in [0.25, 0.3) is 11.5 Å². The van der Waals surface area contributed by atoms with Crippen LogP contribution in [0.4, 0.5) is 5.69 Å². The Hall–Kier alpha value is -3.48. The summed E-state index contributed by atoms with van der Waals surface area (Å²) in [6.45, 7) is 4.45. The van der Waals surface area contributed by atoms with E-state index in [1.165, 1.54) is 0 Å². The van der Waals surface area contributed by atoms with Gasteiger partial charge in [0.25, 0.3) is 5.89 Å². The quantitative estimate of drug-likeness (QED) is 0.530. The highest BCUT2D eigenvalue weighted by molar-refractivity contribution is 6.00. The fourth-order valence-corrected chi connectivity index (χ4v) is 3.73. The smallest absolute Gasteiger partial charge is 0.311 e. The van der Waals surface area contributed by atoms with Crippen molar-refractivity contribution < 1.29 is 18.7 Å². The van der Waals surface area contributed by atoms with E-state index < -0.39 is 11.9 Å². The van der Waals surface area contributed by atoms with Gasteiger partial charge in [0.2, 0.25) is 11.8 Å². The van der Waals surface area contributed by atoms with Crippen LogP contribution in [0.15, 0.2) is 59.0 Å². The number of hydrogen-bond donors (Lipinski definition) is 0. The molecule has 4 rings (SSSR count). The lowest BCUT2D eigenvalue weighted by atomic mass is 9.96. The molecular formula is C24H25N3O4. The first-order valence-corrected chi connectivity index (χ1v) is 10.5. The Morgan fingerprint density at radius 2 is 1.90 bits per heavy atom. The van der Waals surface area contributed by atoms with E-state index in [4.69, 9.17) is 9.15 Å². The van der Waals surface area contributed by atoms with Gasteiger partial charge in [-0.15, -0.1) is 10.2 Å². The van der Waals surface area contributed by atoms with Gasteiger partial charge in [-0.05, 0) is 36.1 Å². The van der Waals surface area contributed by atoms with E-state index in [-0.39, 0.29) is 24.8 Å². The van der Waals surface area contributed by atoms with Crippen LogP contribution in [0.3, 0.4) is 0 Å². The number of anilines is 1. The Kier molecular flexibility index (Phi) is 6.11. The third kappa shape index (κ3) is 4.50. The Labute approximate surface area is 181 Å². The highest BCUT2D eigenvalue weighted by Gasteiger charge is 2.37. The summed E-state index contributed by atoms with van der Waals surface area (Å²) in [5.41, 5.74) is 2.79. The highest BCUT2D eigenvalue weighted by atomic mass is 16.5. The van der Waals surface area contributed by atoms with Crippen LogP contribution in [0.5, 0.6) is 0 Å². The third-order valence-corrected chi connectivity index (χ3v) is 5.65. The third-order valence-electron chi connectivity index (χ3n) is 5.65. The van der Waals surface area contributed by atoms with Crippen molar-refractivity contribution >= 4 is 17.6 Å². The number of ether oxygens (including phenoxy) is 1. The molecule has 31 heavy (non-hydrogen) atoms. The number of carbonyl (C=O) groups is 2. The molecule has 0 bridgehead atoms. The summed E-state index contributed by atoms with van der Waals surface area (Å²) in [4.78, 5) is 27.0. The molecule has 1 aliphatic heterocycles. The fourth-order valence-electron chi connectivity index (χ4n) is 3.73. The van der Waals surface area contributed by atoms with Crippen LogP contribution >= 0.6 is 0 Å². The number of benzene rings is 2. The largest absolute Gasteiger partial charge is 0.455 e. The minimum Gasteiger partial charge on any atom is -0.455 e. The molecule has 0 aliphatic carbocycles. The van der Waals surface area contributed by atoms with Crippen LogP contribution in [0, 0.1) is 5.92 Å². The van der Waals surface area contributed by atoms with Crippen molar-refractivity contribution in [3.63, 3.8) is 0 Å². The zero-order valence-electron chi connectivity index (χ0n) is 17.7. The molecule has 0 N–H and O–H groups in total. The van der Waals surface area contributed by atoms with Gasteiger partial charge in [-0.3, -0.25) is 9.59 Å². The molecule has 7 heteroatoms. The molecule has 2 atom stereocenters. The summed E-state index contributed by atoms with van der Waals surface area (Å²) in [5.74, 6) is -0.107. The molecule has 7 nitrogen and oxygen atoms in total. The van der Waals surface area contributed by atoms with Gasteiger partial charge in [-0.2, -0.15) is 0 Å². The summed E-state index contributed by atoms with van der Waals surface area (Å²) < 4.78 is 11.0. The molecule has 160 valence electrons. The highest BCUT2D eigenvalue weighted by Crippen LogP contribution is 2.33. The van der Waals surface area contributed by atoms with Gasteiger partial charge >= 0.3 is 5.97 Å². The molecule has 0 spiro atoms. The minimum absolute atomic E-state index is 0.0677. The standard InChI is InChI=1S/C24H25N3O4/c1-3-16(2)19-11-7-8-12-20(19)27-14-18(13-22(27)28)24(29)30-15-21-25-26-23(31-21)17-9-5-4-6-10-17/h4-12,16,18H,3,13-15H2,1-2H3/t16-,18+/m1/s1. The molecule has 2 aromatic carbocycles. The summed E-state index contributed by atoms with van der Waals surface area (Å²) in [5, 5.41) is 7.93. The van der Waals surface area contributed by atoms with Crippen molar-refractivity contribution in [2.45, 2.75) is 39.2 Å². The van der Waals surface area contributed by atoms with Crippen LogP contribution in [0.1, 0.15) is 44.1 Å². The van der Waals surface area contributed by atoms with Crippen molar-refractivity contribution in [2.24, 2.45) is 5.92 Å². The summed E-state index contributed by atoms with van der Waals surface area (Å²) in [6, 6.07) is 17.3. The van der Waals surface area contributed by atoms with Gasteiger partial charge in [0.1, 0.15) is 0 Å². The van der Waals surface area contributed by atoms with Gasteiger partial charge in [0.15, 0.2) is 6.61 Å². The number of carbonyl (C=O) groups excluding carboxylic acids is 2. The van der Waals surface area contributed by atoms with Crippen molar-refractivity contribution in [3.8, 4) is 11.5 Å². The summed E-state index contributed by atoms with van der Waals surface area (Å²) >= 11 is 0. The molecule has 3 aromatic rings. The van der Waals surface area contributed by atoms with Crippen molar-refractivity contribution in [1.82, 2.24) is 10.2 Å². The average Bonchev–Trinajstić information content (AvgIpc) is 3.44. The average molecular weight is 419 g/mol. The van der Waals surface area contributed by atoms with Gasteiger partial charge in [0.05, 0.1) is 5.92 Å². The molecule has 1 amide bonds. The van der Waals surface area contributed by atoms with Crippen LogP contribution in [-0.4, -0.2) is 28.6 Å². The summed E-state index contributed by atoms with van der Waals surface area (Å²) in [6.07, 6.45) is 1.10. The van der Waals surface area contributed by atoms with E-state index in [0.29, 0.717) is 18.4 Å². The number of para-hydroxylation sites is 1. The van der Waals surface area contributed by atoms with Gasteiger partial charge in [-0.1, -0.05) is 50.2 Å². The Morgan fingerprint density at radius 3 is 2.68 bits per heavy atom. The number of nitrogens with zero attached hydrogens (tertiary/aromatic N) is 3. The van der Waals surface area contributed by atoms with E-state index in [1.807, 2.05) is 54.6 Å². The molecular weight excluding hydrogens is 394 g/mol. The maximum Gasteiger partial charge on any atom is 0.311 e. The second-order valence-corrected chi connectivity index (χ2v) is 7.75. The first-order chi connectivity index (χ1) is 15.1. The maximum atomic E-state index is 12.7. The van der Waals surface area contributed by atoms with E-state index >= 15 is 0 Å². The molecule has 2 heterocycles. The predicted molar refractivity (Wildman–Crippen MR) is 115 cm³/mol. The molecule has 0 saturated carbocycles. The second-order valence-electron chi connectivity index (χ2n) is 7.75. The van der Waals surface area contributed by atoms with Gasteiger partial charge < -0.3 is 14.1 Å². The lowest BCUT2D eigenvalue weighted by Crippen LogP contribution is -2.27. The number of amides is 1. The molecule has 1 aliphatic rings. The lowest BCUT2D eigenvalue weighted by molar-refractivity contribution is -0.150. The first kappa shape index (κ1) is 20.8. The monoisotopic (exact) mass is 419 g/mol. The zero-order chi connectivity index (χ0) is 21.8. The van der Waals surface area contributed by atoms with Crippen LogP contribution in [0.2, 0.25) is 0 Å². The molecule has 1 saturated heterocycles. The van der Waals surface area contributed by atoms with Crippen molar-refractivity contribution in [2.75, 3.05) is 11.4 Å². The maximum absolute atomic E-state index is 12.7. The summed E-state index contributed by atoms with van der Waals surface area (Å²) in [7, 11) is 0. The Bertz CT molecular complexity index is 1060. The lowest BCUT2D eigenvalue weighted by Gasteiger charge is -2.23. The second kappa shape index (κ2) is 9.12. The van der Waals surface area contributed by atoms with Crippen molar-refractivity contribution in [1.29, 1.82) is 0 Å². The zero-order valence-corrected chi connectivity index (χ0v) is 17.7. The van der Waals surface area contributed by atoms with E-state index in [1.54, 1.807) is 4.90 Å². The fraction of sp³-hybridized carbons (Fsp3) is 0.333. The normalized spacial score (nSPS) is 17.0. The van der Waals surface area contributed by atoms with Gasteiger partial charge in [0, 0.05) is 24.2 Å². The van der Waals surface area contributed by atoms with E-state index in [9.17, 15) is 9.59 Å². The molecule has 0 radical (unpaired) electrons. The molecule has 1 fully saturated rings.